The van der Waals surface area contributed by atoms with E-state index in [0.29, 0.717) is 40.9 Å². The zero-order valence-electron chi connectivity index (χ0n) is 16.0. The molecule has 0 fully saturated rings. The van der Waals surface area contributed by atoms with Gasteiger partial charge in [0.1, 0.15) is 5.00 Å². The van der Waals surface area contributed by atoms with Gasteiger partial charge >= 0.3 is 0 Å². The highest BCUT2D eigenvalue weighted by atomic mass is 35.5. The lowest BCUT2D eigenvalue weighted by Crippen LogP contribution is -2.27. The van der Waals surface area contributed by atoms with Gasteiger partial charge in [0.15, 0.2) is 0 Å². The van der Waals surface area contributed by atoms with Crippen LogP contribution in [0.2, 0.25) is 5.02 Å². The van der Waals surface area contributed by atoms with Crippen LogP contribution < -0.4 is 10.6 Å². The summed E-state index contributed by atoms with van der Waals surface area (Å²) in [6.45, 7) is 3.78. The van der Waals surface area contributed by atoms with Gasteiger partial charge in [-0.2, -0.15) is 0 Å². The van der Waals surface area contributed by atoms with Crippen LogP contribution in [0.4, 0.5) is 5.00 Å². The molecule has 0 atom stereocenters. The number of benzene rings is 1. The third kappa shape index (κ3) is 4.93. The SMILES string of the molecule is CCOCCCNC(=O)c1c(NC(=O)c2ccccc2Cl)sc2c1CCCC2. The Morgan fingerprint density at radius 2 is 1.96 bits per heavy atom. The van der Waals surface area contributed by atoms with Gasteiger partial charge in [-0.15, -0.1) is 11.3 Å². The van der Waals surface area contributed by atoms with Gasteiger partial charge in [-0.05, 0) is 56.7 Å². The first-order valence-electron chi connectivity index (χ1n) is 9.68. The van der Waals surface area contributed by atoms with Crippen LogP contribution in [-0.2, 0) is 17.6 Å². The molecule has 1 aromatic carbocycles. The van der Waals surface area contributed by atoms with Crippen LogP contribution in [0.5, 0.6) is 0 Å². The van der Waals surface area contributed by atoms with Gasteiger partial charge in [0.05, 0.1) is 16.1 Å². The molecule has 2 aromatic rings. The normalized spacial score (nSPS) is 13.1. The van der Waals surface area contributed by atoms with Crippen molar-refractivity contribution >= 4 is 39.8 Å². The van der Waals surface area contributed by atoms with E-state index >= 15 is 0 Å². The van der Waals surface area contributed by atoms with Gasteiger partial charge in [0.2, 0.25) is 0 Å². The molecule has 0 radical (unpaired) electrons. The van der Waals surface area contributed by atoms with Crippen molar-refractivity contribution in [2.45, 2.75) is 39.0 Å². The molecule has 3 rings (SSSR count). The lowest BCUT2D eigenvalue weighted by atomic mass is 9.95. The van der Waals surface area contributed by atoms with E-state index < -0.39 is 0 Å². The fraction of sp³-hybridized carbons (Fsp3) is 0.429. The average Bonchev–Trinajstić information content (AvgIpc) is 3.05. The summed E-state index contributed by atoms with van der Waals surface area (Å²) in [7, 11) is 0. The highest BCUT2D eigenvalue weighted by Gasteiger charge is 2.26. The highest BCUT2D eigenvalue weighted by molar-refractivity contribution is 7.17. The predicted octanol–water partition coefficient (Wildman–Crippen LogP) is 4.69. The maximum atomic E-state index is 12.9. The number of carbonyl (C=O) groups is 2. The quantitative estimate of drug-likeness (QED) is 0.609. The minimum absolute atomic E-state index is 0.134. The van der Waals surface area contributed by atoms with Crippen molar-refractivity contribution in [2.24, 2.45) is 0 Å². The fourth-order valence-corrected chi connectivity index (χ4v) is 4.82. The molecule has 0 saturated heterocycles. The molecule has 0 unspecified atom stereocenters. The third-order valence-corrected chi connectivity index (χ3v) is 6.24. The standard InChI is InChI=1S/C21H25ClN2O3S/c1-2-27-13-7-12-23-20(26)18-15-9-4-6-11-17(15)28-21(18)24-19(25)14-8-3-5-10-16(14)22/h3,5,8,10H,2,4,6-7,9,11-13H2,1H3,(H,23,26)(H,24,25). The third-order valence-electron chi connectivity index (χ3n) is 4.70. The summed E-state index contributed by atoms with van der Waals surface area (Å²) >= 11 is 7.66. The van der Waals surface area contributed by atoms with Crippen LogP contribution in [0, 0.1) is 0 Å². The zero-order chi connectivity index (χ0) is 19.9. The van der Waals surface area contributed by atoms with Crippen molar-refractivity contribution in [3.63, 3.8) is 0 Å². The number of halogens is 1. The Labute approximate surface area is 174 Å². The number of nitrogens with one attached hydrogen (secondary N) is 2. The summed E-state index contributed by atoms with van der Waals surface area (Å²) in [5.74, 6) is -0.431. The number of hydrogen-bond donors (Lipinski definition) is 2. The molecule has 0 aliphatic heterocycles. The second-order valence-corrected chi connectivity index (χ2v) is 8.17. The fourth-order valence-electron chi connectivity index (χ4n) is 3.32. The monoisotopic (exact) mass is 420 g/mol. The Balaban J connectivity index is 1.79. The summed E-state index contributed by atoms with van der Waals surface area (Å²) in [5.41, 5.74) is 2.09. The number of anilines is 1. The van der Waals surface area contributed by atoms with Crippen LogP contribution in [0.3, 0.4) is 0 Å². The smallest absolute Gasteiger partial charge is 0.257 e. The van der Waals surface area contributed by atoms with Gasteiger partial charge < -0.3 is 15.4 Å². The number of fused-ring (bicyclic) bond motifs is 1. The Bertz CT molecular complexity index is 850. The molecule has 1 heterocycles. The topological polar surface area (TPSA) is 67.4 Å². The van der Waals surface area contributed by atoms with Crippen molar-refractivity contribution in [3.05, 3.63) is 50.9 Å². The first-order valence-corrected chi connectivity index (χ1v) is 10.9. The van der Waals surface area contributed by atoms with E-state index in [1.165, 1.54) is 16.2 Å². The summed E-state index contributed by atoms with van der Waals surface area (Å²) in [6.07, 6.45) is 4.75. The molecule has 2 amide bonds. The second kappa shape index (κ2) is 10.0. The number of carbonyl (C=O) groups excluding carboxylic acids is 2. The molecule has 150 valence electrons. The van der Waals surface area contributed by atoms with E-state index in [1.54, 1.807) is 24.3 Å². The van der Waals surface area contributed by atoms with Gasteiger partial charge in [0.25, 0.3) is 11.8 Å². The van der Waals surface area contributed by atoms with Crippen LogP contribution in [0.15, 0.2) is 24.3 Å². The lowest BCUT2D eigenvalue weighted by molar-refractivity contribution is 0.0944. The minimum atomic E-state index is -0.297. The summed E-state index contributed by atoms with van der Waals surface area (Å²) in [5, 5.41) is 6.90. The van der Waals surface area contributed by atoms with E-state index in [1.807, 2.05) is 6.92 Å². The first kappa shape index (κ1) is 20.8. The molecule has 5 nitrogen and oxygen atoms in total. The number of amides is 2. The van der Waals surface area contributed by atoms with E-state index in [4.69, 9.17) is 16.3 Å². The van der Waals surface area contributed by atoms with Crippen LogP contribution in [-0.4, -0.2) is 31.6 Å². The van der Waals surface area contributed by atoms with Crippen LogP contribution in [0.25, 0.3) is 0 Å². The molecule has 0 bridgehead atoms. The number of thiophene rings is 1. The van der Waals surface area contributed by atoms with Crippen molar-refractivity contribution in [1.82, 2.24) is 5.32 Å². The Kier molecular flexibility index (Phi) is 7.48. The molecule has 1 aliphatic rings. The lowest BCUT2D eigenvalue weighted by Gasteiger charge is -2.13. The molecule has 1 aliphatic carbocycles. The maximum Gasteiger partial charge on any atom is 0.257 e. The van der Waals surface area contributed by atoms with E-state index in [2.05, 4.69) is 10.6 Å². The van der Waals surface area contributed by atoms with Crippen molar-refractivity contribution in [3.8, 4) is 0 Å². The second-order valence-electron chi connectivity index (χ2n) is 6.66. The Morgan fingerprint density at radius 3 is 2.75 bits per heavy atom. The summed E-state index contributed by atoms with van der Waals surface area (Å²) in [4.78, 5) is 26.8. The van der Waals surface area contributed by atoms with Gasteiger partial charge in [-0.3, -0.25) is 9.59 Å². The highest BCUT2D eigenvalue weighted by Crippen LogP contribution is 2.38. The summed E-state index contributed by atoms with van der Waals surface area (Å²) in [6, 6.07) is 6.91. The van der Waals surface area contributed by atoms with Crippen LogP contribution in [0.1, 0.15) is 57.3 Å². The van der Waals surface area contributed by atoms with E-state index in [9.17, 15) is 9.59 Å². The molecule has 2 N–H and O–H groups in total. The molecule has 28 heavy (non-hydrogen) atoms. The Hall–Kier alpha value is -1.89. The average molecular weight is 421 g/mol. The first-order chi connectivity index (χ1) is 13.6. The van der Waals surface area contributed by atoms with Gasteiger partial charge in [0, 0.05) is 24.6 Å². The van der Waals surface area contributed by atoms with Crippen molar-refractivity contribution in [2.75, 3.05) is 25.1 Å². The Morgan fingerprint density at radius 1 is 1.18 bits per heavy atom. The number of rotatable bonds is 8. The number of ether oxygens (including phenoxy) is 1. The summed E-state index contributed by atoms with van der Waals surface area (Å²) < 4.78 is 5.31. The van der Waals surface area contributed by atoms with E-state index in [-0.39, 0.29) is 11.8 Å². The number of hydrogen-bond acceptors (Lipinski definition) is 4. The molecule has 7 heteroatoms. The molecular weight excluding hydrogens is 396 g/mol. The molecule has 0 saturated carbocycles. The zero-order valence-corrected chi connectivity index (χ0v) is 17.5. The van der Waals surface area contributed by atoms with Gasteiger partial charge in [-0.1, -0.05) is 23.7 Å². The molecular formula is C21H25ClN2O3S. The maximum absolute atomic E-state index is 12.9. The molecule has 0 spiro atoms. The van der Waals surface area contributed by atoms with Crippen LogP contribution >= 0.6 is 22.9 Å². The van der Waals surface area contributed by atoms with Crippen molar-refractivity contribution < 1.29 is 14.3 Å². The minimum Gasteiger partial charge on any atom is -0.382 e. The largest absolute Gasteiger partial charge is 0.382 e. The van der Waals surface area contributed by atoms with Crippen molar-refractivity contribution in [1.29, 1.82) is 0 Å². The number of aryl methyl sites for hydroxylation is 1. The predicted molar refractivity (Wildman–Crippen MR) is 114 cm³/mol. The van der Waals surface area contributed by atoms with E-state index in [0.717, 1.165) is 37.7 Å². The molecule has 1 aromatic heterocycles. The van der Waals surface area contributed by atoms with Gasteiger partial charge in [-0.25, -0.2) is 0 Å².